The van der Waals surface area contributed by atoms with Crippen molar-refractivity contribution in [1.29, 1.82) is 0 Å². The fraction of sp³-hybridized carbons (Fsp3) is 0.789. The maximum atomic E-state index is 11.7. The van der Waals surface area contributed by atoms with Crippen LogP contribution in [0.15, 0.2) is 12.2 Å². The SMILES string of the molecule is CCCCCCCCCC1OC1/C=C/C(=O)CCC(C)C(=O)O. The van der Waals surface area contributed by atoms with Crippen LogP contribution in [0.3, 0.4) is 0 Å². The first-order valence-corrected chi connectivity index (χ1v) is 9.14. The van der Waals surface area contributed by atoms with Gasteiger partial charge in [-0.05, 0) is 25.0 Å². The van der Waals surface area contributed by atoms with Crippen molar-refractivity contribution in [3.05, 3.63) is 12.2 Å². The molecule has 0 bridgehead atoms. The van der Waals surface area contributed by atoms with E-state index < -0.39 is 11.9 Å². The average Bonchev–Trinajstić information content (AvgIpc) is 3.28. The smallest absolute Gasteiger partial charge is 0.306 e. The van der Waals surface area contributed by atoms with Crippen molar-refractivity contribution in [2.45, 2.75) is 90.3 Å². The lowest BCUT2D eigenvalue weighted by Gasteiger charge is -2.02. The fourth-order valence-electron chi connectivity index (χ4n) is 2.63. The summed E-state index contributed by atoms with van der Waals surface area (Å²) in [7, 11) is 0. The molecule has 1 fully saturated rings. The molecule has 3 atom stereocenters. The molecule has 1 N–H and O–H groups in total. The summed E-state index contributed by atoms with van der Waals surface area (Å²) in [6, 6.07) is 0. The van der Waals surface area contributed by atoms with Gasteiger partial charge in [0.15, 0.2) is 5.78 Å². The Morgan fingerprint density at radius 1 is 1.13 bits per heavy atom. The van der Waals surface area contributed by atoms with E-state index in [1.54, 1.807) is 13.0 Å². The highest BCUT2D eigenvalue weighted by molar-refractivity contribution is 5.90. The monoisotopic (exact) mass is 324 g/mol. The topological polar surface area (TPSA) is 66.9 Å². The predicted octanol–water partition coefficient (Wildman–Crippen LogP) is 4.52. The lowest BCUT2D eigenvalue weighted by atomic mass is 10.0. The molecule has 0 saturated carbocycles. The Balaban J connectivity index is 2.01. The zero-order chi connectivity index (χ0) is 17.1. The maximum absolute atomic E-state index is 11.7. The normalized spacial score (nSPS) is 21.5. The molecule has 132 valence electrons. The maximum Gasteiger partial charge on any atom is 0.306 e. The summed E-state index contributed by atoms with van der Waals surface area (Å²) in [5.41, 5.74) is 0. The van der Waals surface area contributed by atoms with E-state index in [4.69, 9.17) is 9.84 Å². The van der Waals surface area contributed by atoms with Crippen LogP contribution in [0.2, 0.25) is 0 Å². The molecule has 0 aliphatic carbocycles. The van der Waals surface area contributed by atoms with Gasteiger partial charge in [-0.2, -0.15) is 0 Å². The summed E-state index contributed by atoms with van der Waals surface area (Å²) in [6.45, 7) is 3.86. The lowest BCUT2D eigenvalue weighted by Crippen LogP contribution is -2.10. The molecule has 0 aromatic rings. The number of rotatable bonds is 14. The Morgan fingerprint density at radius 2 is 1.78 bits per heavy atom. The summed E-state index contributed by atoms with van der Waals surface area (Å²) >= 11 is 0. The van der Waals surface area contributed by atoms with Gasteiger partial charge < -0.3 is 9.84 Å². The van der Waals surface area contributed by atoms with Crippen molar-refractivity contribution >= 4 is 11.8 Å². The van der Waals surface area contributed by atoms with Gasteiger partial charge in [0.25, 0.3) is 0 Å². The predicted molar refractivity (Wildman–Crippen MR) is 91.5 cm³/mol. The van der Waals surface area contributed by atoms with E-state index in [1.165, 1.54) is 44.9 Å². The second kappa shape index (κ2) is 11.4. The Labute approximate surface area is 140 Å². The number of carbonyl (C=O) groups is 2. The molecule has 0 spiro atoms. The first-order chi connectivity index (χ1) is 11.0. The highest BCUT2D eigenvalue weighted by Gasteiger charge is 2.35. The van der Waals surface area contributed by atoms with E-state index in [9.17, 15) is 9.59 Å². The van der Waals surface area contributed by atoms with Gasteiger partial charge in [-0.15, -0.1) is 0 Å². The van der Waals surface area contributed by atoms with Gasteiger partial charge in [0.05, 0.1) is 12.0 Å². The number of epoxide rings is 1. The number of allylic oxidation sites excluding steroid dienone is 1. The number of hydrogen-bond acceptors (Lipinski definition) is 3. The number of hydrogen-bond donors (Lipinski definition) is 1. The minimum Gasteiger partial charge on any atom is -0.481 e. The molecule has 0 amide bonds. The first kappa shape index (κ1) is 19.9. The van der Waals surface area contributed by atoms with E-state index in [2.05, 4.69) is 6.92 Å². The van der Waals surface area contributed by atoms with Crippen molar-refractivity contribution in [3.63, 3.8) is 0 Å². The number of carboxylic acid groups (broad SMARTS) is 1. The molecular weight excluding hydrogens is 292 g/mol. The lowest BCUT2D eigenvalue weighted by molar-refractivity contribution is -0.141. The molecule has 4 nitrogen and oxygen atoms in total. The summed E-state index contributed by atoms with van der Waals surface area (Å²) in [4.78, 5) is 22.3. The van der Waals surface area contributed by atoms with Crippen molar-refractivity contribution in [2.75, 3.05) is 0 Å². The van der Waals surface area contributed by atoms with Crippen LogP contribution >= 0.6 is 0 Å². The standard InChI is InChI=1S/C19H32O4/c1-3-4-5-6-7-8-9-10-17-18(23-17)14-13-16(20)12-11-15(2)19(21)22/h13-15,17-18H,3-12H2,1-2H3,(H,21,22)/b14-13+. The highest BCUT2D eigenvalue weighted by atomic mass is 16.6. The van der Waals surface area contributed by atoms with Crippen LogP contribution in [0, 0.1) is 5.92 Å². The number of ketones is 1. The summed E-state index contributed by atoms with van der Waals surface area (Å²) in [5.74, 6) is -1.32. The Morgan fingerprint density at radius 3 is 2.43 bits per heavy atom. The molecule has 0 aromatic heterocycles. The minimum absolute atomic E-state index is 0.0109. The van der Waals surface area contributed by atoms with Crippen LogP contribution in [0.1, 0.15) is 78.1 Å². The zero-order valence-electron chi connectivity index (χ0n) is 14.6. The molecule has 3 unspecified atom stereocenters. The van der Waals surface area contributed by atoms with Gasteiger partial charge in [0.1, 0.15) is 6.10 Å². The molecule has 0 radical (unpaired) electrons. The van der Waals surface area contributed by atoms with Gasteiger partial charge in [0, 0.05) is 6.42 Å². The van der Waals surface area contributed by atoms with E-state index >= 15 is 0 Å². The average molecular weight is 324 g/mol. The Kier molecular flexibility index (Phi) is 9.85. The van der Waals surface area contributed by atoms with Gasteiger partial charge in [-0.3, -0.25) is 9.59 Å². The van der Waals surface area contributed by atoms with E-state index in [-0.39, 0.29) is 18.0 Å². The molecule has 1 saturated heterocycles. The van der Waals surface area contributed by atoms with Crippen molar-refractivity contribution in [2.24, 2.45) is 5.92 Å². The number of unbranched alkanes of at least 4 members (excludes halogenated alkanes) is 6. The third-order valence-corrected chi connectivity index (χ3v) is 4.43. The summed E-state index contributed by atoms with van der Waals surface area (Å²) < 4.78 is 5.54. The van der Waals surface area contributed by atoms with Crippen LogP contribution in [-0.4, -0.2) is 29.1 Å². The van der Waals surface area contributed by atoms with Gasteiger partial charge >= 0.3 is 5.97 Å². The molecule has 23 heavy (non-hydrogen) atoms. The summed E-state index contributed by atoms with van der Waals surface area (Å²) in [5, 5.41) is 8.77. The van der Waals surface area contributed by atoms with E-state index in [1.807, 2.05) is 6.08 Å². The van der Waals surface area contributed by atoms with E-state index in [0.29, 0.717) is 12.8 Å². The van der Waals surface area contributed by atoms with Gasteiger partial charge in [-0.1, -0.05) is 58.8 Å². The largest absolute Gasteiger partial charge is 0.481 e. The summed E-state index contributed by atoms with van der Waals surface area (Å²) in [6.07, 6.45) is 14.6. The molecule has 1 aliphatic rings. The number of carbonyl (C=O) groups excluding carboxylic acids is 1. The zero-order valence-corrected chi connectivity index (χ0v) is 14.6. The number of ether oxygens (including phenoxy) is 1. The Bertz CT molecular complexity index is 389. The van der Waals surface area contributed by atoms with Crippen LogP contribution in [0.4, 0.5) is 0 Å². The molecular formula is C19H32O4. The second-order valence-corrected chi connectivity index (χ2v) is 6.65. The number of aliphatic carboxylic acids is 1. The van der Waals surface area contributed by atoms with Crippen LogP contribution < -0.4 is 0 Å². The fourth-order valence-corrected chi connectivity index (χ4v) is 2.63. The Hall–Kier alpha value is -1.16. The van der Waals surface area contributed by atoms with Crippen molar-refractivity contribution < 1.29 is 19.4 Å². The van der Waals surface area contributed by atoms with Crippen molar-refractivity contribution in [3.8, 4) is 0 Å². The first-order valence-electron chi connectivity index (χ1n) is 9.14. The molecule has 0 aromatic carbocycles. The molecule has 1 aliphatic heterocycles. The minimum atomic E-state index is -0.845. The van der Waals surface area contributed by atoms with Crippen LogP contribution in [0.5, 0.6) is 0 Å². The van der Waals surface area contributed by atoms with Gasteiger partial charge in [0.2, 0.25) is 0 Å². The number of carboxylic acids is 1. The van der Waals surface area contributed by atoms with E-state index in [0.717, 1.165) is 6.42 Å². The van der Waals surface area contributed by atoms with Crippen molar-refractivity contribution in [1.82, 2.24) is 0 Å². The van der Waals surface area contributed by atoms with Gasteiger partial charge in [-0.25, -0.2) is 0 Å². The third kappa shape index (κ3) is 9.54. The van der Waals surface area contributed by atoms with Crippen LogP contribution in [-0.2, 0) is 14.3 Å². The highest BCUT2D eigenvalue weighted by Crippen LogP contribution is 2.28. The molecule has 1 rings (SSSR count). The quantitative estimate of drug-likeness (QED) is 0.290. The third-order valence-electron chi connectivity index (χ3n) is 4.43. The molecule has 4 heteroatoms. The second-order valence-electron chi connectivity index (χ2n) is 6.65. The molecule has 1 heterocycles. The van der Waals surface area contributed by atoms with Crippen LogP contribution in [0.25, 0.3) is 0 Å².